The number of rotatable bonds is 7. The molecule has 1 aliphatic carbocycles. The van der Waals surface area contributed by atoms with Gasteiger partial charge in [-0.15, -0.1) is 0 Å². The van der Waals surface area contributed by atoms with Crippen LogP contribution < -0.4 is 5.32 Å². The molecule has 1 saturated carbocycles. The Balaban J connectivity index is 1.46. The molecule has 162 valence electrons. The van der Waals surface area contributed by atoms with Crippen LogP contribution in [0.4, 0.5) is 0 Å². The van der Waals surface area contributed by atoms with Crippen molar-refractivity contribution < 1.29 is 18.7 Å². The van der Waals surface area contributed by atoms with Gasteiger partial charge in [0.1, 0.15) is 0 Å². The molecule has 6 heteroatoms. The summed E-state index contributed by atoms with van der Waals surface area (Å²) in [6.07, 6.45) is 5.77. The second kappa shape index (κ2) is 9.92. The highest BCUT2D eigenvalue weighted by Crippen LogP contribution is 2.24. The van der Waals surface area contributed by atoms with Crippen molar-refractivity contribution in [3.8, 4) is 11.3 Å². The van der Waals surface area contributed by atoms with Gasteiger partial charge in [0.05, 0.1) is 12.6 Å². The third-order valence-corrected chi connectivity index (χ3v) is 6.00. The molecule has 2 aromatic rings. The van der Waals surface area contributed by atoms with Crippen LogP contribution in [-0.4, -0.2) is 29.0 Å². The lowest BCUT2D eigenvalue weighted by Crippen LogP contribution is -2.46. The van der Waals surface area contributed by atoms with Crippen LogP contribution >= 0.6 is 0 Å². The van der Waals surface area contributed by atoms with Gasteiger partial charge in [-0.1, -0.05) is 31.9 Å². The van der Waals surface area contributed by atoms with Gasteiger partial charge in [0, 0.05) is 18.0 Å². The number of carbonyl (C=O) groups is 2. The highest BCUT2D eigenvalue weighted by molar-refractivity contribution is 5.83. The van der Waals surface area contributed by atoms with E-state index in [2.05, 4.69) is 37.1 Å². The number of amides is 1. The molecule has 1 aromatic carbocycles. The standard InChI is InChI=1S/C24H32N2O4/c1-15-9-10-19(13-17(15)3)21-14-25-22(30-21)11-12-23(27)29-18(4)24(28)26-20-8-6-5-7-16(20)2/h9-10,13-14,16,18,20H,5-8,11-12H2,1-4H3,(H,26,28). The van der Waals surface area contributed by atoms with Crippen molar-refractivity contribution in [1.82, 2.24) is 10.3 Å². The van der Waals surface area contributed by atoms with Crippen LogP contribution in [0.25, 0.3) is 11.3 Å². The molecule has 0 spiro atoms. The average molecular weight is 413 g/mol. The van der Waals surface area contributed by atoms with Crippen molar-refractivity contribution in [3.63, 3.8) is 0 Å². The van der Waals surface area contributed by atoms with Crippen LogP contribution in [0.2, 0.25) is 0 Å². The fourth-order valence-corrected chi connectivity index (χ4v) is 3.80. The molecule has 3 rings (SSSR count). The number of oxazole rings is 1. The minimum absolute atomic E-state index is 0.115. The summed E-state index contributed by atoms with van der Waals surface area (Å²) >= 11 is 0. The number of esters is 1. The third kappa shape index (κ3) is 5.71. The topological polar surface area (TPSA) is 81.4 Å². The van der Waals surface area contributed by atoms with Gasteiger partial charge in [-0.25, -0.2) is 4.98 Å². The molecule has 3 atom stereocenters. The van der Waals surface area contributed by atoms with E-state index in [1.165, 1.54) is 17.5 Å². The Hall–Kier alpha value is -2.63. The number of benzene rings is 1. The molecule has 0 bridgehead atoms. The first kappa shape index (κ1) is 22.1. The van der Waals surface area contributed by atoms with Crippen LogP contribution in [-0.2, 0) is 20.7 Å². The summed E-state index contributed by atoms with van der Waals surface area (Å²) in [4.78, 5) is 28.8. The number of hydrogen-bond acceptors (Lipinski definition) is 5. The zero-order chi connectivity index (χ0) is 21.7. The van der Waals surface area contributed by atoms with Crippen molar-refractivity contribution in [1.29, 1.82) is 0 Å². The van der Waals surface area contributed by atoms with Crippen molar-refractivity contribution >= 4 is 11.9 Å². The van der Waals surface area contributed by atoms with Crippen LogP contribution in [0, 0.1) is 19.8 Å². The van der Waals surface area contributed by atoms with Crippen molar-refractivity contribution in [2.45, 2.75) is 78.4 Å². The van der Waals surface area contributed by atoms with Crippen LogP contribution in [0.3, 0.4) is 0 Å². The molecule has 1 aliphatic rings. The molecule has 30 heavy (non-hydrogen) atoms. The first-order chi connectivity index (χ1) is 14.3. The van der Waals surface area contributed by atoms with Crippen molar-refractivity contribution in [3.05, 3.63) is 41.4 Å². The fourth-order valence-electron chi connectivity index (χ4n) is 3.80. The maximum atomic E-state index is 12.4. The lowest BCUT2D eigenvalue weighted by atomic mass is 9.86. The fraction of sp³-hybridized carbons (Fsp3) is 0.542. The summed E-state index contributed by atoms with van der Waals surface area (Å²) < 4.78 is 11.1. The van der Waals surface area contributed by atoms with Crippen molar-refractivity contribution in [2.24, 2.45) is 5.92 Å². The van der Waals surface area contributed by atoms with E-state index in [-0.39, 0.29) is 18.4 Å². The second-order valence-electron chi connectivity index (χ2n) is 8.43. The summed E-state index contributed by atoms with van der Waals surface area (Å²) in [5.41, 5.74) is 3.36. The summed E-state index contributed by atoms with van der Waals surface area (Å²) in [5.74, 6) is 0.960. The van der Waals surface area contributed by atoms with Gasteiger partial charge >= 0.3 is 5.97 Å². The SMILES string of the molecule is Cc1ccc(-c2cnc(CCC(=O)OC(C)C(=O)NC3CCCCC3C)o2)cc1C. The Morgan fingerprint density at radius 1 is 1.23 bits per heavy atom. The normalized spacial score (nSPS) is 19.9. The first-order valence-corrected chi connectivity index (χ1v) is 10.9. The molecule has 1 heterocycles. The molecule has 1 fully saturated rings. The molecule has 0 saturated heterocycles. The molecule has 1 amide bonds. The average Bonchev–Trinajstić information content (AvgIpc) is 3.19. The van der Waals surface area contributed by atoms with E-state index in [4.69, 9.17) is 9.15 Å². The lowest BCUT2D eigenvalue weighted by molar-refractivity contribution is -0.155. The Labute approximate surface area is 178 Å². The molecule has 6 nitrogen and oxygen atoms in total. The maximum Gasteiger partial charge on any atom is 0.307 e. The van der Waals surface area contributed by atoms with E-state index in [0.29, 0.717) is 24.0 Å². The van der Waals surface area contributed by atoms with E-state index >= 15 is 0 Å². The van der Waals surface area contributed by atoms with Crippen LogP contribution in [0.5, 0.6) is 0 Å². The van der Waals surface area contributed by atoms with E-state index in [9.17, 15) is 9.59 Å². The molecule has 0 aliphatic heterocycles. The summed E-state index contributed by atoms with van der Waals surface area (Å²) in [7, 11) is 0. The van der Waals surface area contributed by atoms with E-state index in [1.54, 1.807) is 13.1 Å². The van der Waals surface area contributed by atoms with Gasteiger partial charge in [-0.2, -0.15) is 0 Å². The molecule has 3 unspecified atom stereocenters. The molecule has 1 N–H and O–H groups in total. The van der Waals surface area contributed by atoms with Gasteiger partial charge in [0.15, 0.2) is 17.8 Å². The second-order valence-corrected chi connectivity index (χ2v) is 8.43. The number of aryl methyl sites for hydroxylation is 3. The zero-order valence-corrected chi connectivity index (χ0v) is 18.4. The Kier molecular flexibility index (Phi) is 7.29. The van der Waals surface area contributed by atoms with E-state index in [0.717, 1.165) is 24.8 Å². The molecule has 1 aromatic heterocycles. The first-order valence-electron chi connectivity index (χ1n) is 10.9. The largest absolute Gasteiger partial charge is 0.453 e. The summed E-state index contributed by atoms with van der Waals surface area (Å²) in [6.45, 7) is 7.89. The number of nitrogens with zero attached hydrogens (tertiary/aromatic N) is 1. The Morgan fingerprint density at radius 3 is 2.73 bits per heavy atom. The lowest BCUT2D eigenvalue weighted by Gasteiger charge is -2.30. The smallest absolute Gasteiger partial charge is 0.307 e. The predicted molar refractivity (Wildman–Crippen MR) is 115 cm³/mol. The number of carbonyl (C=O) groups excluding carboxylic acids is 2. The number of nitrogens with one attached hydrogen (secondary N) is 1. The minimum Gasteiger partial charge on any atom is -0.453 e. The van der Waals surface area contributed by atoms with Gasteiger partial charge in [0.2, 0.25) is 0 Å². The van der Waals surface area contributed by atoms with Gasteiger partial charge < -0.3 is 14.5 Å². The monoisotopic (exact) mass is 412 g/mol. The number of hydrogen-bond donors (Lipinski definition) is 1. The van der Waals surface area contributed by atoms with Gasteiger partial charge in [0.25, 0.3) is 5.91 Å². The molecule has 0 radical (unpaired) electrons. The zero-order valence-electron chi connectivity index (χ0n) is 18.4. The Bertz CT molecular complexity index is 889. The minimum atomic E-state index is -0.803. The van der Waals surface area contributed by atoms with Gasteiger partial charge in [-0.05, 0) is 56.7 Å². The third-order valence-electron chi connectivity index (χ3n) is 6.00. The predicted octanol–water partition coefficient (Wildman–Crippen LogP) is 4.52. The summed E-state index contributed by atoms with van der Waals surface area (Å²) in [5, 5.41) is 3.03. The van der Waals surface area contributed by atoms with Crippen molar-refractivity contribution in [2.75, 3.05) is 0 Å². The number of ether oxygens (including phenoxy) is 1. The maximum absolute atomic E-state index is 12.4. The highest BCUT2D eigenvalue weighted by atomic mass is 16.5. The van der Waals surface area contributed by atoms with Crippen LogP contribution in [0.1, 0.15) is 63.0 Å². The Morgan fingerprint density at radius 2 is 2.00 bits per heavy atom. The van der Waals surface area contributed by atoms with E-state index in [1.807, 2.05) is 12.1 Å². The van der Waals surface area contributed by atoms with Gasteiger partial charge in [-0.3, -0.25) is 9.59 Å². The molecular weight excluding hydrogens is 380 g/mol. The van der Waals surface area contributed by atoms with Crippen LogP contribution in [0.15, 0.2) is 28.8 Å². The number of aromatic nitrogens is 1. The highest BCUT2D eigenvalue weighted by Gasteiger charge is 2.26. The summed E-state index contributed by atoms with van der Waals surface area (Å²) in [6, 6.07) is 6.27. The quantitative estimate of drug-likeness (QED) is 0.676. The van der Waals surface area contributed by atoms with E-state index < -0.39 is 12.1 Å². The molecular formula is C24H32N2O4.